The van der Waals surface area contributed by atoms with Gasteiger partial charge in [-0.05, 0) is 50.8 Å². The van der Waals surface area contributed by atoms with Gasteiger partial charge in [-0.25, -0.2) is 0 Å². The molecule has 1 unspecified atom stereocenters. The van der Waals surface area contributed by atoms with E-state index >= 15 is 0 Å². The van der Waals surface area contributed by atoms with Crippen LogP contribution in [-0.4, -0.2) is 52.3 Å². The number of amides is 2. The third kappa shape index (κ3) is 37.1. The standard InChI is InChI=1S/C11H14.C5H12O.C4H9NO.C2H6.2CH3NO.HNO/c1-4-6-11-9(2)7-5-8-10(11)3;1-4-5(2)6-3;1-3-6-4-2-5-1;1-2;2*2-1-3;1-2/h4-8H,1-3H3;5H,4H2,1-3H3;5H,1-4H2;1-2H3;2*1H,(H2,2,3);1H/b6-4-;;;;;;. The summed E-state index contributed by atoms with van der Waals surface area (Å²) in [5.41, 5.74) is 16.9. The third-order valence-electron chi connectivity index (χ3n) is 3.70. The predicted octanol–water partition coefficient (Wildman–Crippen LogP) is 3.93. The highest BCUT2D eigenvalue weighted by Crippen LogP contribution is 2.14. The molecule has 0 aliphatic carbocycles. The Hall–Kier alpha value is -2.62. The van der Waals surface area contributed by atoms with Crippen LogP contribution in [0.15, 0.2) is 24.3 Å². The minimum absolute atomic E-state index is 0.250. The lowest BCUT2D eigenvalue weighted by Gasteiger charge is -2.10. The second-order valence-electron chi connectivity index (χ2n) is 5.89. The molecule has 2 rings (SSSR count). The topological polar surface area (TPSA) is 158 Å². The Labute approximate surface area is 201 Å². The first-order valence-electron chi connectivity index (χ1n) is 10.9. The first kappa shape index (κ1) is 40.7. The molecule has 0 saturated carbocycles. The molecule has 1 heterocycles. The van der Waals surface area contributed by atoms with Crippen LogP contribution in [-0.2, 0) is 19.1 Å². The zero-order chi connectivity index (χ0) is 26.9. The number of aryl methyl sites for hydroxylation is 2. The van der Waals surface area contributed by atoms with Gasteiger partial charge in [0.1, 0.15) is 0 Å². The summed E-state index contributed by atoms with van der Waals surface area (Å²) < 4.78 is 9.91. The number of methoxy groups -OCH3 is 1. The van der Waals surface area contributed by atoms with Crippen LogP contribution in [0.1, 0.15) is 57.7 Å². The van der Waals surface area contributed by atoms with Crippen LogP contribution in [0.25, 0.3) is 6.08 Å². The minimum Gasteiger partial charge on any atom is -0.382 e. The molecule has 194 valence electrons. The largest absolute Gasteiger partial charge is 0.382 e. The second kappa shape index (κ2) is 39.8. The van der Waals surface area contributed by atoms with E-state index in [2.05, 4.69) is 80.4 Å². The summed E-state index contributed by atoms with van der Waals surface area (Å²) >= 11 is 0. The molecule has 0 radical (unpaired) electrons. The van der Waals surface area contributed by atoms with E-state index in [1.54, 1.807) is 7.11 Å². The molecule has 1 aromatic carbocycles. The highest BCUT2D eigenvalue weighted by Gasteiger charge is 1.95. The van der Waals surface area contributed by atoms with Crippen molar-refractivity contribution in [3.63, 3.8) is 0 Å². The molecule has 1 saturated heterocycles. The first-order chi connectivity index (χ1) is 15.9. The van der Waals surface area contributed by atoms with Gasteiger partial charge < -0.3 is 26.3 Å². The summed E-state index contributed by atoms with van der Waals surface area (Å²) in [5.74, 6) is 0. The maximum Gasteiger partial charge on any atom is 0.204 e. The Morgan fingerprint density at radius 2 is 1.48 bits per heavy atom. The van der Waals surface area contributed by atoms with E-state index in [9.17, 15) is 0 Å². The fourth-order valence-corrected chi connectivity index (χ4v) is 1.94. The molecule has 2 amide bonds. The van der Waals surface area contributed by atoms with Gasteiger partial charge in [-0.3, -0.25) is 9.59 Å². The van der Waals surface area contributed by atoms with Gasteiger partial charge in [-0.1, -0.05) is 56.7 Å². The van der Waals surface area contributed by atoms with Crippen LogP contribution in [0.3, 0.4) is 0 Å². The van der Waals surface area contributed by atoms with Gasteiger partial charge in [0.15, 0.2) is 0 Å². The number of hydrogen-bond acceptors (Lipinski definition) is 7. The highest BCUT2D eigenvalue weighted by atomic mass is 16.5. The van der Waals surface area contributed by atoms with Gasteiger partial charge in [0, 0.05) is 20.2 Å². The Bertz CT molecular complexity index is 498. The van der Waals surface area contributed by atoms with E-state index in [1.165, 1.54) is 16.7 Å². The summed E-state index contributed by atoms with van der Waals surface area (Å²) in [6.45, 7) is 18.3. The Balaban J connectivity index is -0.000000103. The third-order valence-corrected chi connectivity index (χ3v) is 3.70. The Morgan fingerprint density at radius 1 is 1.09 bits per heavy atom. The molecule has 0 spiro atoms. The number of rotatable bonds is 3. The Kier molecular flexibility index (Phi) is 49.1. The number of benzene rings is 1. The van der Waals surface area contributed by atoms with Gasteiger partial charge in [0.05, 0.1) is 19.3 Å². The number of nitrogens with two attached hydrogens (primary N) is 2. The molecule has 6 N–H and O–H groups in total. The molecule has 0 aromatic heterocycles. The number of carbonyl (C=O) groups is 2. The lowest BCUT2D eigenvalue weighted by atomic mass is 10.0. The van der Waals surface area contributed by atoms with Crippen molar-refractivity contribution in [2.75, 3.05) is 33.4 Å². The van der Waals surface area contributed by atoms with Crippen molar-refractivity contribution in [2.45, 2.75) is 61.0 Å². The molecule has 9 nitrogen and oxygen atoms in total. The zero-order valence-corrected chi connectivity index (χ0v) is 21.9. The molecule has 1 fully saturated rings. The molecule has 0 bridgehead atoms. The van der Waals surface area contributed by atoms with Crippen molar-refractivity contribution in [1.29, 1.82) is 5.59 Å². The fourth-order valence-electron chi connectivity index (χ4n) is 1.94. The molecule has 1 aliphatic heterocycles. The number of primary amides is 2. The van der Waals surface area contributed by atoms with Crippen LogP contribution in [0.5, 0.6) is 0 Å². The fraction of sp³-hybridized carbons (Fsp3) is 0.583. The molecular weight excluding hydrogens is 424 g/mol. The van der Waals surface area contributed by atoms with E-state index in [0.717, 1.165) is 32.7 Å². The summed E-state index contributed by atoms with van der Waals surface area (Å²) in [4.78, 5) is 24.7. The van der Waals surface area contributed by atoms with E-state index in [1.807, 2.05) is 20.8 Å². The molecule has 1 aromatic rings. The zero-order valence-electron chi connectivity index (χ0n) is 21.9. The SMILES string of the molecule is C/C=C\c1c(C)cccc1C.C1COCCN1.CC.CCC(C)OC.N=O.NC=O.NC=O. The number of morpholine rings is 1. The van der Waals surface area contributed by atoms with Crippen molar-refractivity contribution < 1.29 is 19.1 Å². The average Bonchev–Trinajstić information content (AvgIpc) is 2.86. The van der Waals surface area contributed by atoms with E-state index in [4.69, 9.17) is 24.0 Å². The van der Waals surface area contributed by atoms with Crippen molar-refractivity contribution in [3.05, 3.63) is 45.9 Å². The van der Waals surface area contributed by atoms with Crippen LogP contribution >= 0.6 is 0 Å². The van der Waals surface area contributed by atoms with Gasteiger partial charge >= 0.3 is 0 Å². The first-order valence-corrected chi connectivity index (χ1v) is 10.9. The second-order valence-corrected chi connectivity index (χ2v) is 5.89. The number of nitrogens with one attached hydrogen (secondary N) is 2. The van der Waals surface area contributed by atoms with Gasteiger partial charge in [0.2, 0.25) is 12.8 Å². The lowest BCUT2D eigenvalue weighted by molar-refractivity contribution is -0.107. The number of allylic oxidation sites excluding steroid dienone is 1. The van der Waals surface area contributed by atoms with Gasteiger partial charge in [0.25, 0.3) is 0 Å². The lowest BCUT2D eigenvalue weighted by Crippen LogP contribution is -2.30. The van der Waals surface area contributed by atoms with Crippen LogP contribution in [0, 0.1) is 24.3 Å². The highest BCUT2D eigenvalue weighted by molar-refractivity contribution is 5.57. The van der Waals surface area contributed by atoms with Gasteiger partial charge in [-0.15, -0.1) is 0 Å². The molecule has 1 aliphatic rings. The van der Waals surface area contributed by atoms with Crippen LogP contribution in [0.2, 0.25) is 0 Å². The number of hydrogen-bond donors (Lipinski definition) is 4. The summed E-state index contributed by atoms with van der Waals surface area (Å²) in [6, 6.07) is 6.38. The van der Waals surface area contributed by atoms with Crippen LogP contribution < -0.4 is 16.8 Å². The summed E-state index contributed by atoms with van der Waals surface area (Å²) in [5, 5.41) is 3.16. The van der Waals surface area contributed by atoms with E-state index in [0.29, 0.717) is 6.10 Å². The predicted molar refractivity (Wildman–Crippen MR) is 139 cm³/mol. The van der Waals surface area contributed by atoms with Crippen molar-refractivity contribution in [3.8, 4) is 0 Å². The molecule has 1 atom stereocenters. The maximum atomic E-state index is 8.58. The van der Waals surface area contributed by atoms with Gasteiger partial charge in [-0.2, -0.15) is 4.91 Å². The Morgan fingerprint density at radius 3 is 1.67 bits per heavy atom. The summed E-state index contributed by atoms with van der Waals surface area (Å²) in [6.07, 6.45) is 6.28. The number of carbonyl (C=O) groups excluding carboxylic acids is 2. The van der Waals surface area contributed by atoms with E-state index in [-0.39, 0.29) is 12.8 Å². The van der Waals surface area contributed by atoms with Crippen molar-refractivity contribution in [1.82, 2.24) is 5.32 Å². The van der Waals surface area contributed by atoms with Crippen molar-refractivity contribution >= 4 is 18.9 Å². The van der Waals surface area contributed by atoms with E-state index < -0.39 is 0 Å². The summed E-state index contributed by atoms with van der Waals surface area (Å²) in [7, 11) is 1.73. The number of nitroso groups, excluding NO2 is 1. The number of ether oxygens (including phenoxy) is 2. The monoisotopic (exact) mass is 472 g/mol. The minimum atomic E-state index is 0.250. The molecular formula is C24H48N4O5. The smallest absolute Gasteiger partial charge is 0.204 e. The molecule has 9 heteroatoms. The quantitative estimate of drug-likeness (QED) is 0.385. The normalized spacial score (nSPS) is 11.6. The van der Waals surface area contributed by atoms with Crippen LogP contribution in [0.4, 0.5) is 0 Å². The average molecular weight is 473 g/mol. The van der Waals surface area contributed by atoms with Crippen molar-refractivity contribution in [2.24, 2.45) is 11.5 Å². The molecule has 33 heavy (non-hydrogen) atoms. The maximum absolute atomic E-state index is 8.58.